The third-order valence-electron chi connectivity index (χ3n) is 4.64. The van der Waals surface area contributed by atoms with Crippen molar-refractivity contribution in [3.63, 3.8) is 0 Å². The van der Waals surface area contributed by atoms with Gasteiger partial charge in [-0.2, -0.15) is 11.8 Å². The summed E-state index contributed by atoms with van der Waals surface area (Å²) in [4.78, 5) is 22.7. The monoisotopic (exact) mass is 394 g/mol. The van der Waals surface area contributed by atoms with Crippen molar-refractivity contribution >= 4 is 46.3 Å². The van der Waals surface area contributed by atoms with Crippen LogP contribution >= 0.6 is 23.4 Å². The quantitative estimate of drug-likeness (QED) is 0.662. The Balaban J connectivity index is 1.52. The second-order valence-electron chi connectivity index (χ2n) is 6.76. The van der Waals surface area contributed by atoms with Gasteiger partial charge in [-0.15, -0.1) is 0 Å². The summed E-state index contributed by atoms with van der Waals surface area (Å²) in [7, 11) is 0. The number of rotatable bonds is 8. The first kappa shape index (κ1) is 19.4. The first-order chi connectivity index (χ1) is 12.7. The number of amides is 1. The van der Waals surface area contributed by atoms with Crippen LogP contribution in [0, 0.1) is 5.92 Å². The molecule has 5 nitrogen and oxygen atoms in total. The predicted molar refractivity (Wildman–Crippen MR) is 111 cm³/mol. The van der Waals surface area contributed by atoms with E-state index in [0.717, 1.165) is 55.1 Å². The van der Waals surface area contributed by atoms with Crippen molar-refractivity contribution in [2.75, 3.05) is 36.0 Å². The maximum atomic E-state index is 12.5. The lowest BCUT2D eigenvalue weighted by Gasteiger charge is -2.31. The largest absolute Gasteiger partial charge is 0.356 e. The number of anilines is 1. The molecule has 0 aliphatic carbocycles. The van der Waals surface area contributed by atoms with Crippen molar-refractivity contribution in [1.82, 2.24) is 15.3 Å². The molecule has 0 spiro atoms. The van der Waals surface area contributed by atoms with Gasteiger partial charge in [-0.05, 0) is 55.4 Å². The molecule has 1 aliphatic heterocycles. The standard InChI is InChI=1S/C19H27ClN4OS/c1-2-10-26-11-4-8-21-18(25)14-5-3-9-24(13-14)19-22-16-7-6-15(20)12-17(16)23-19/h6-7,12,14H,2-5,8-11,13H2,1H3,(H,21,25)(H,22,23)/t14-/m1/s1. The van der Waals surface area contributed by atoms with Crippen LogP contribution in [0.2, 0.25) is 5.02 Å². The second kappa shape index (κ2) is 9.51. The average molecular weight is 395 g/mol. The van der Waals surface area contributed by atoms with Crippen LogP contribution in [0.4, 0.5) is 5.95 Å². The molecule has 26 heavy (non-hydrogen) atoms. The number of carbonyl (C=O) groups is 1. The number of aromatic amines is 1. The molecule has 1 saturated heterocycles. The van der Waals surface area contributed by atoms with Crippen LogP contribution in [-0.2, 0) is 4.79 Å². The van der Waals surface area contributed by atoms with Crippen molar-refractivity contribution < 1.29 is 4.79 Å². The number of aromatic nitrogens is 2. The summed E-state index contributed by atoms with van der Waals surface area (Å²) in [5, 5.41) is 3.80. The van der Waals surface area contributed by atoms with Gasteiger partial charge in [0.15, 0.2) is 0 Å². The van der Waals surface area contributed by atoms with Gasteiger partial charge in [0.1, 0.15) is 0 Å². The van der Waals surface area contributed by atoms with E-state index >= 15 is 0 Å². The van der Waals surface area contributed by atoms with E-state index in [2.05, 4.69) is 27.1 Å². The molecule has 7 heteroatoms. The number of piperidine rings is 1. The Bertz CT molecular complexity index is 735. The van der Waals surface area contributed by atoms with Crippen LogP contribution in [-0.4, -0.2) is 47.0 Å². The van der Waals surface area contributed by atoms with Crippen LogP contribution < -0.4 is 10.2 Å². The van der Waals surface area contributed by atoms with Crippen molar-refractivity contribution in [2.24, 2.45) is 5.92 Å². The molecule has 1 aliphatic rings. The number of halogens is 1. The predicted octanol–water partition coefficient (Wildman–Crippen LogP) is 4.08. The van der Waals surface area contributed by atoms with Gasteiger partial charge in [-0.3, -0.25) is 4.79 Å². The Labute approximate surface area is 164 Å². The lowest BCUT2D eigenvalue weighted by molar-refractivity contribution is -0.125. The number of hydrogen-bond acceptors (Lipinski definition) is 4. The zero-order valence-electron chi connectivity index (χ0n) is 15.3. The van der Waals surface area contributed by atoms with E-state index in [1.165, 1.54) is 12.2 Å². The van der Waals surface area contributed by atoms with E-state index < -0.39 is 0 Å². The molecule has 0 unspecified atom stereocenters. The Hall–Kier alpha value is -1.40. The zero-order chi connectivity index (χ0) is 18.4. The molecular formula is C19H27ClN4OS. The summed E-state index contributed by atoms with van der Waals surface area (Å²) < 4.78 is 0. The van der Waals surface area contributed by atoms with Crippen molar-refractivity contribution in [2.45, 2.75) is 32.6 Å². The SMILES string of the molecule is CCCSCCCNC(=O)[C@@H]1CCCN(c2nc3ccc(Cl)cc3[nH]2)C1. The van der Waals surface area contributed by atoms with E-state index in [1.807, 2.05) is 30.0 Å². The topological polar surface area (TPSA) is 61.0 Å². The molecule has 2 aromatic rings. The third-order valence-corrected chi connectivity index (χ3v) is 6.15. The Morgan fingerprint density at radius 1 is 1.46 bits per heavy atom. The van der Waals surface area contributed by atoms with Crippen LogP contribution in [0.25, 0.3) is 11.0 Å². The Morgan fingerprint density at radius 3 is 3.19 bits per heavy atom. The van der Waals surface area contributed by atoms with Crippen LogP contribution in [0.5, 0.6) is 0 Å². The number of nitrogens with zero attached hydrogens (tertiary/aromatic N) is 2. The molecule has 1 aromatic carbocycles. The van der Waals surface area contributed by atoms with Gasteiger partial charge in [0.05, 0.1) is 17.0 Å². The minimum absolute atomic E-state index is 0.0313. The van der Waals surface area contributed by atoms with E-state index in [0.29, 0.717) is 11.6 Å². The van der Waals surface area contributed by atoms with Gasteiger partial charge in [-0.25, -0.2) is 4.98 Å². The number of thioether (sulfide) groups is 1. The van der Waals surface area contributed by atoms with Gasteiger partial charge < -0.3 is 15.2 Å². The van der Waals surface area contributed by atoms with E-state index in [-0.39, 0.29) is 11.8 Å². The number of benzene rings is 1. The second-order valence-corrected chi connectivity index (χ2v) is 8.43. The minimum Gasteiger partial charge on any atom is -0.356 e. The lowest BCUT2D eigenvalue weighted by atomic mass is 9.97. The van der Waals surface area contributed by atoms with Crippen molar-refractivity contribution in [3.8, 4) is 0 Å². The molecule has 0 bridgehead atoms. The van der Waals surface area contributed by atoms with Crippen molar-refractivity contribution in [3.05, 3.63) is 23.2 Å². The summed E-state index contributed by atoms with van der Waals surface area (Å²) >= 11 is 8.01. The van der Waals surface area contributed by atoms with Gasteiger partial charge >= 0.3 is 0 Å². The number of carbonyl (C=O) groups excluding carboxylic acids is 1. The lowest BCUT2D eigenvalue weighted by Crippen LogP contribution is -2.43. The van der Waals surface area contributed by atoms with Crippen LogP contribution in [0.3, 0.4) is 0 Å². The first-order valence-corrected chi connectivity index (χ1v) is 11.0. The highest BCUT2D eigenvalue weighted by atomic mass is 35.5. The molecule has 3 rings (SSSR count). The van der Waals surface area contributed by atoms with Gasteiger partial charge in [0, 0.05) is 24.7 Å². The fraction of sp³-hybridized carbons (Fsp3) is 0.579. The molecule has 2 N–H and O–H groups in total. The fourth-order valence-electron chi connectivity index (χ4n) is 3.28. The molecule has 0 radical (unpaired) electrons. The summed E-state index contributed by atoms with van der Waals surface area (Å²) in [6.45, 7) is 4.60. The average Bonchev–Trinajstić information content (AvgIpc) is 3.07. The number of nitrogens with one attached hydrogen (secondary N) is 2. The molecule has 2 heterocycles. The van der Waals surface area contributed by atoms with Gasteiger partial charge in [-0.1, -0.05) is 18.5 Å². The minimum atomic E-state index is 0.0313. The first-order valence-electron chi connectivity index (χ1n) is 9.43. The molecule has 1 atom stereocenters. The van der Waals surface area contributed by atoms with E-state index in [9.17, 15) is 4.79 Å². The normalized spacial score (nSPS) is 17.6. The molecule has 142 valence electrons. The summed E-state index contributed by atoms with van der Waals surface area (Å²) in [5.41, 5.74) is 1.84. The van der Waals surface area contributed by atoms with Crippen molar-refractivity contribution in [1.29, 1.82) is 0 Å². The summed E-state index contributed by atoms with van der Waals surface area (Å²) in [5.74, 6) is 3.36. The van der Waals surface area contributed by atoms with E-state index in [4.69, 9.17) is 11.6 Å². The number of H-pyrrole nitrogens is 1. The third kappa shape index (κ3) is 5.07. The fourth-order valence-corrected chi connectivity index (χ4v) is 4.29. The molecular weight excluding hydrogens is 368 g/mol. The summed E-state index contributed by atoms with van der Waals surface area (Å²) in [6, 6.07) is 5.65. The maximum Gasteiger partial charge on any atom is 0.224 e. The molecule has 1 fully saturated rings. The highest BCUT2D eigenvalue weighted by Gasteiger charge is 2.27. The highest BCUT2D eigenvalue weighted by Crippen LogP contribution is 2.25. The molecule has 1 aromatic heterocycles. The Kier molecular flexibility index (Phi) is 7.08. The van der Waals surface area contributed by atoms with Gasteiger partial charge in [0.25, 0.3) is 0 Å². The number of fused-ring (bicyclic) bond motifs is 1. The summed E-state index contributed by atoms with van der Waals surface area (Å²) in [6.07, 6.45) is 4.20. The molecule has 0 saturated carbocycles. The number of hydrogen-bond donors (Lipinski definition) is 2. The highest BCUT2D eigenvalue weighted by molar-refractivity contribution is 7.99. The number of imidazole rings is 1. The van der Waals surface area contributed by atoms with Crippen LogP contribution in [0.15, 0.2) is 18.2 Å². The van der Waals surface area contributed by atoms with Crippen LogP contribution in [0.1, 0.15) is 32.6 Å². The maximum absolute atomic E-state index is 12.5. The zero-order valence-corrected chi connectivity index (χ0v) is 16.8. The Morgan fingerprint density at radius 2 is 2.35 bits per heavy atom. The smallest absolute Gasteiger partial charge is 0.224 e. The molecule has 1 amide bonds. The van der Waals surface area contributed by atoms with E-state index in [1.54, 1.807) is 0 Å². The van der Waals surface area contributed by atoms with Gasteiger partial charge in [0.2, 0.25) is 11.9 Å².